The minimum Gasteiger partial charge on any atom is -0.394 e. The summed E-state index contributed by atoms with van der Waals surface area (Å²) in [5.41, 5.74) is 0.603. The predicted octanol–water partition coefficient (Wildman–Crippen LogP) is 0.0376. The van der Waals surface area contributed by atoms with E-state index in [-0.39, 0.29) is 25.4 Å². The third kappa shape index (κ3) is 3.58. The molecule has 1 aromatic carbocycles. The molecule has 0 aliphatic heterocycles. The molecule has 0 saturated carbocycles. The Morgan fingerprint density at radius 3 is 2.75 bits per heavy atom. The van der Waals surface area contributed by atoms with Crippen molar-refractivity contribution in [1.29, 1.82) is 0 Å². The molecule has 0 unspecified atom stereocenters. The van der Waals surface area contributed by atoms with Crippen LogP contribution in [-0.2, 0) is 6.54 Å². The van der Waals surface area contributed by atoms with Crippen LogP contribution in [0.1, 0.15) is 5.56 Å². The molecule has 0 aliphatic carbocycles. The lowest BCUT2D eigenvalue weighted by Crippen LogP contribution is -2.29. The van der Waals surface area contributed by atoms with Gasteiger partial charge in [-0.1, -0.05) is 18.2 Å². The second kappa shape index (κ2) is 6.16. The number of nitrogens with one attached hydrogen (secondary N) is 1. The van der Waals surface area contributed by atoms with Gasteiger partial charge in [0.2, 0.25) is 0 Å². The average molecular weight is 226 g/mol. The van der Waals surface area contributed by atoms with Crippen LogP contribution in [0.5, 0.6) is 0 Å². The number of aliphatic hydroxyl groups excluding tert-OH is 2. The Hall–Kier alpha value is -1.50. The largest absolute Gasteiger partial charge is 0.394 e. The van der Waals surface area contributed by atoms with Crippen molar-refractivity contribution < 1.29 is 15.1 Å². The number of para-hydroxylation sites is 1. The maximum absolute atomic E-state index is 10.7. The first kappa shape index (κ1) is 12.6. The van der Waals surface area contributed by atoms with Gasteiger partial charge >= 0.3 is 0 Å². The first-order chi connectivity index (χ1) is 7.65. The summed E-state index contributed by atoms with van der Waals surface area (Å²) in [6, 6.07) is 6.40. The van der Waals surface area contributed by atoms with Gasteiger partial charge in [0.05, 0.1) is 17.6 Å². The molecule has 88 valence electrons. The van der Waals surface area contributed by atoms with Crippen LogP contribution in [0.25, 0.3) is 0 Å². The van der Waals surface area contributed by atoms with Crippen molar-refractivity contribution in [3.63, 3.8) is 0 Å². The van der Waals surface area contributed by atoms with E-state index in [1.165, 1.54) is 6.07 Å². The maximum atomic E-state index is 10.7. The van der Waals surface area contributed by atoms with E-state index in [2.05, 4.69) is 5.32 Å². The highest BCUT2D eigenvalue weighted by molar-refractivity contribution is 5.39. The van der Waals surface area contributed by atoms with E-state index in [4.69, 9.17) is 10.2 Å². The van der Waals surface area contributed by atoms with Crippen LogP contribution in [0, 0.1) is 10.1 Å². The molecule has 1 aromatic rings. The Morgan fingerprint density at radius 2 is 2.12 bits per heavy atom. The SMILES string of the molecule is O=[N+]([O-])c1ccccc1CNC[C@H](O)CO. The van der Waals surface area contributed by atoms with Gasteiger partial charge in [-0.3, -0.25) is 10.1 Å². The summed E-state index contributed by atoms with van der Waals surface area (Å²) in [7, 11) is 0. The van der Waals surface area contributed by atoms with E-state index in [0.717, 1.165) is 0 Å². The van der Waals surface area contributed by atoms with Gasteiger partial charge < -0.3 is 15.5 Å². The Morgan fingerprint density at radius 1 is 1.44 bits per heavy atom. The van der Waals surface area contributed by atoms with E-state index in [1.807, 2.05) is 0 Å². The van der Waals surface area contributed by atoms with E-state index < -0.39 is 11.0 Å². The fourth-order valence-corrected chi connectivity index (χ4v) is 1.28. The average Bonchev–Trinajstić information content (AvgIpc) is 2.29. The summed E-state index contributed by atoms with van der Waals surface area (Å²) in [5, 5.41) is 31.1. The number of nitrogens with zero attached hydrogens (tertiary/aromatic N) is 1. The lowest BCUT2D eigenvalue weighted by atomic mass is 10.2. The van der Waals surface area contributed by atoms with Crippen molar-refractivity contribution in [1.82, 2.24) is 5.32 Å². The zero-order chi connectivity index (χ0) is 12.0. The minimum atomic E-state index is -0.845. The zero-order valence-corrected chi connectivity index (χ0v) is 8.67. The number of nitro groups is 1. The van der Waals surface area contributed by atoms with Crippen molar-refractivity contribution in [2.24, 2.45) is 0 Å². The highest BCUT2D eigenvalue weighted by Crippen LogP contribution is 2.16. The monoisotopic (exact) mass is 226 g/mol. The van der Waals surface area contributed by atoms with Crippen molar-refractivity contribution in [2.75, 3.05) is 13.2 Å². The summed E-state index contributed by atoms with van der Waals surface area (Å²) >= 11 is 0. The smallest absolute Gasteiger partial charge is 0.273 e. The minimum absolute atomic E-state index is 0.0495. The molecule has 3 N–H and O–H groups in total. The van der Waals surface area contributed by atoms with Crippen molar-refractivity contribution >= 4 is 5.69 Å². The van der Waals surface area contributed by atoms with Gasteiger partial charge in [0.25, 0.3) is 5.69 Å². The second-order valence-electron chi connectivity index (χ2n) is 3.35. The molecule has 0 saturated heterocycles. The molecule has 6 nitrogen and oxygen atoms in total. The number of aliphatic hydroxyl groups is 2. The molecule has 16 heavy (non-hydrogen) atoms. The number of benzene rings is 1. The zero-order valence-electron chi connectivity index (χ0n) is 8.67. The molecule has 0 amide bonds. The number of nitro benzene ring substituents is 1. The van der Waals surface area contributed by atoms with Gasteiger partial charge in [0, 0.05) is 24.7 Å². The Labute approximate surface area is 92.7 Å². The first-order valence-electron chi connectivity index (χ1n) is 4.87. The maximum Gasteiger partial charge on any atom is 0.273 e. The van der Waals surface area contributed by atoms with Gasteiger partial charge in [-0.05, 0) is 0 Å². The van der Waals surface area contributed by atoms with Crippen molar-refractivity contribution in [3.8, 4) is 0 Å². The third-order valence-corrected chi connectivity index (χ3v) is 2.09. The third-order valence-electron chi connectivity index (χ3n) is 2.09. The molecule has 0 fully saturated rings. The molecule has 0 bridgehead atoms. The molecular weight excluding hydrogens is 212 g/mol. The molecule has 6 heteroatoms. The molecule has 0 radical (unpaired) electrons. The number of hydrogen-bond acceptors (Lipinski definition) is 5. The van der Waals surface area contributed by atoms with E-state index >= 15 is 0 Å². The van der Waals surface area contributed by atoms with Crippen LogP contribution in [0.2, 0.25) is 0 Å². The summed E-state index contributed by atoms with van der Waals surface area (Å²) in [6.07, 6.45) is -0.845. The van der Waals surface area contributed by atoms with Crippen LogP contribution in [0.4, 0.5) is 5.69 Å². The van der Waals surface area contributed by atoms with Crippen LogP contribution in [0.3, 0.4) is 0 Å². The van der Waals surface area contributed by atoms with E-state index in [0.29, 0.717) is 5.56 Å². The van der Waals surface area contributed by atoms with E-state index in [1.54, 1.807) is 18.2 Å². The normalized spacial score (nSPS) is 12.4. The predicted molar refractivity (Wildman–Crippen MR) is 57.9 cm³/mol. The van der Waals surface area contributed by atoms with Gasteiger partial charge in [-0.2, -0.15) is 0 Å². The highest BCUT2D eigenvalue weighted by atomic mass is 16.6. The highest BCUT2D eigenvalue weighted by Gasteiger charge is 2.11. The van der Waals surface area contributed by atoms with Gasteiger partial charge in [-0.15, -0.1) is 0 Å². The lowest BCUT2D eigenvalue weighted by molar-refractivity contribution is -0.385. The topological polar surface area (TPSA) is 95.6 Å². The molecule has 0 aromatic heterocycles. The lowest BCUT2D eigenvalue weighted by Gasteiger charge is -2.08. The number of hydrogen-bond donors (Lipinski definition) is 3. The quantitative estimate of drug-likeness (QED) is 0.470. The van der Waals surface area contributed by atoms with Crippen molar-refractivity contribution in [2.45, 2.75) is 12.6 Å². The Balaban J connectivity index is 2.56. The first-order valence-corrected chi connectivity index (χ1v) is 4.87. The van der Waals surface area contributed by atoms with Crippen LogP contribution < -0.4 is 5.32 Å². The summed E-state index contributed by atoms with van der Waals surface area (Å²) < 4.78 is 0. The molecule has 0 spiro atoms. The second-order valence-corrected chi connectivity index (χ2v) is 3.35. The standard InChI is InChI=1S/C10H14N2O4/c13-7-9(14)6-11-5-8-3-1-2-4-10(8)12(15)16/h1-4,9,11,13-14H,5-7H2/t9-/m0/s1. The van der Waals surface area contributed by atoms with Crippen LogP contribution >= 0.6 is 0 Å². The van der Waals surface area contributed by atoms with Crippen LogP contribution in [0.15, 0.2) is 24.3 Å². The molecule has 0 aliphatic rings. The fraction of sp³-hybridized carbons (Fsp3) is 0.400. The summed E-state index contributed by atoms with van der Waals surface area (Å²) in [5.74, 6) is 0. The van der Waals surface area contributed by atoms with Gasteiger partial charge in [0.1, 0.15) is 0 Å². The fourth-order valence-electron chi connectivity index (χ4n) is 1.28. The Kier molecular flexibility index (Phi) is 4.84. The van der Waals surface area contributed by atoms with Gasteiger partial charge in [-0.25, -0.2) is 0 Å². The van der Waals surface area contributed by atoms with Gasteiger partial charge in [0.15, 0.2) is 0 Å². The molecule has 1 rings (SSSR count). The summed E-state index contributed by atoms with van der Waals surface area (Å²) in [4.78, 5) is 10.2. The molecule has 1 atom stereocenters. The molecule has 0 heterocycles. The molecular formula is C10H14N2O4. The van der Waals surface area contributed by atoms with E-state index in [9.17, 15) is 10.1 Å². The summed E-state index contributed by atoms with van der Waals surface area (Å²) in [6.45, 7) is 0.153. The number of rotatable bonds is 6. The van der Waals surface area contributed by atoms with Crippen molar-refractivity contribution in [3.05, 3.63) is 39.9 Å². The van der Waals surface area contributed by atoms with Crippen LogP contribution in [-0.4, -0.2) is 34.4 Å². The Bertz CT molecular complexity index is 356.